The maximum absolute atomic E-state index is 12.6. The molecular formula is C5HClF2LiNO2S. The standard InChI is InChI=1S/C5H2ClF2NO2S.Li/c6-3-2(1-9-12-3)5(7,8)4(10)11;/h1H,(H,10,11);/q;+1/p-1. The van der Waals surface area contributed by atoms with Gasteiger partial charge in [-0.3, -0.25) is 0 Å². The van der Waals surface area contributed by atoms with E-state index >= 15 is 0 Å². The third-order valence-corrected chi connectivity index (χ3v) is 2.12. The first kappa shape index (κ1) is 12.8. The minimum atomic E-state index is -4.07. The van der Waals surface area contributed by atoms with E-state index in [2.05, 4.69) is 4.37 Å². The zero-order chi connectivity index (χ0) is 9.35. The predicted molar refractivity (Wildman–Crippen MR) is 36.0 cm³/mol. The van der Waals surface area contributed by atoms with Gasteiger partial charge in [0.2, 0.25) is 0 Å². The SMILES string of the molecule is O=C([O-])C(F)(F)c1cnsc1Cl.[Li+]. The number of halogens is 3. The third kappa shape index (κ3) is 2.41. The number of hydrogen-bond donors (Lipinski definition) is 0. The summed E-state index contributed by atoms with van der Waals surface area (Å²) in [6.07, 6.45) is 0.711. The number of nitrogens with zero attached hydrogens (tertiary/aromatic N) is 1. The number of alkyl halides is 2. The van der Waals surface area contributed by atoms with Crippen molar-refractivity contribution in [3.8, 4) is 0 Å². The van der Waals surface area contributed by atoms with E-state index in [1.54, 1.807) is 0 Å². The van der Waals surface area contributed by atoms with Crippen LogP contribution in [0.3, 0.4) is 0 Å². The van der Waals surface area contributed by atoms with Gasteiger partial charge in [0.25, 0.3) is 0 Å². The second-order valence-electron chi connectivity index (χ2n) is 1.88. The molecule has 0 radical (unpaired) electrons. The minimum Gasteiger partial charge on any atom is -0.544 e. The molecular weight excluding hydrogens is 219 g/mol. The van der Waals surface area contributed by atoms with Crippen molar-refractivity contribution < 1.29 is 37.5 Å². The van der Waals surface area contributed by atoms with Crippen LogP contribution in [0.4, 0.5) is 8.78 Å². The van der Waals surface area contributed by atoms with Crippen molar-refractivity contribution in [1.82, 2.24) is 4.37 Å². The van der Waals surface area contributed by atoms with Gasteiger partial charge in [0.15, 0.2) is 0 Å². The monoisotopic (exact) mass is 219 g/mol. The summed E-state index contributed by atoms with van der Waals surface area (Å²) in [5.74, 6) is -6.55. The van der Waals surface area contributed by atoms with Gasteiger partial charge < -0.3 is 9.90 Å². The van der Waals surface area contributed by atoms with E-state index in [4.69, 9.17) is 11.6 Å². The van der Waals surface area contributed by atoms with Gasteiger partial charge in [-0.15, -0.1) is 0 Å². The van der Waals surface area contributed by atoms with Crippen molar-refractivity contribution >= 4 is 29.1 Å². The molecule has 0 fully saturated rings. The van der Waals surface area contributed by atoms with Crippen molar-refractivity contribution in [2.24, 2.45) is 0 Å². The number of aliphatic carboxylic acids is 1. The Balaban J connectivity index is 0.00000144. The van der Waals surface area contributed by atoms with Crippen LogP contribution in [0.5, 0.6) is 0 Å². The van der Waals surface area contributed by atoms with Crippen molar-refractivity contribution in [2.45, 2.75) is 5.92 Å². The van der Waals surface area contributed by atoms with E-state index in [0.717, 1.165) is 0 Å². The van der Waals surface area contributed by atoms with Crippen LogP contribution in [0, 0.1) is 0 Å². The summed E-state index contributed by atoms with van der Waals surface area (Å²) in [7, 11) is 0. The van der Waals surface area contributed by atoms with Gasteiger partial charge in [-0.2, -0.15) is 13.2 Å². The first-order chi connectivity index (χ1) is 5.46. The minimum absolute atomic E-state index is 0. The fourth-order valence-corrected chi connectivity index (χ4v) is 1.36. The van der Waals surface area contributed by atoms with Gasteiger partial charge >= 0.3 is 24.8 Å². The molecule has 13 heavy (non-hydrogen) atoms. The Labute approximate surface area is 93.1 Å². The number of aromatic nitrogens is 1. The van der Waals surface area contributed by atoms with Crippen LogP contribution in [0.15, 0.2) is 6.20 Å². The Morgan fingerprint density at radius 1 is 1.69 bits per heavy atom. The van der Waals surface area contributed by atoms with E-state index < -0.39 is 17.5 Å². The molecule has 0 atom stereocenters. The molecule has 1 aromatic heterocycles. The Bertz CT molecular complexity index is 319. The van der Waals surface area contributed by atoms with Crippen LogP contribution in [-0.4, -0.2) is 10.3 Å². The van der Waals surface area contributed by atoms with Gasteiger partial charge in [-0.25, -0.2) is 0 Å². The number of carboxylic acid groups (broad SMARTS) is 1. The summed E-state index contributed by atoms with van der Waals surface area (Å²) in [5.41, 5.74) is -0.825. The topological polar surface area (TPSA) is 53.0 Å². The summed E-state index contributed by atoms with van der Waals surface area (Å²) in [4.78, 5) is 9.93. The van der Waals surface area contributed by atoms with Gasteiger partial charge in [-0.1, -0.05) is 11.6 Å². The van der Waals surface area contributed by atoms with Crippen LogP contribution in [-0.2, 0) is 10.7 Å². The van der Waals surface area contributed by atoms with Gasteiger partial charge in [0.1, 0.15) is 10.3 Å². The smallest absolute Gasteiger partial charge is 0.544 e. The number of carboxylic acids is 1. The summed E-state index contributed by atoms with van der Waals surface area (Å²) in [6.45, 7) is 0. The fourth-order valence-electron chi connectivity index (χ4n) is 0.540. The molecule has 0 aliphatic carbocycles. The number of carbonyl (C=O) groups is 1. The molecule has 1 heterocycles. The molecule has 1 rings (SSSR count). The Morgan fingerprint density at radius 2 is 2.23 bits per heavy atom. The average Bonchev–Trinajstić information content (AvgIpc) is 2.35. The summed E-state index contributed by atoms with van der Waals surface area (Å²) < 4.78 is 28.2. The second-order valence-corrected chi connectivity index (χ2v) is 3.28. The third-order valence-electron chi connectivity index (χ3n) is 1.12. The predicted octanol–water partition coefficient (Wildman–Crippen LogP) is -2.36. The van der Waals surface area contributed by atoms with E-state index in [0.29, 0.717) is 17.7 Å². The molecule has 0 spiro atoms. The average molecular weight is 220 g/mol. The largest absolute Gasteiger partial charge is 1.00 e. The zero-order valence-corrected chi connectivity index (χ0v) is 7.96. The van der Waals surface area contributed by atoms with Crippen molar-refractivity contribution in [2.75, 3.05) is 0 Å². The maximum Gasteiger partial charge on any atom is 1.00 e. The first-order valence-electron chi connectivity index (χ1n) is 2.66. The quantitative estimate of drug-likeness (QED) is 0.523. The Hall–Kier alpha value is -0.153. The van der Waals surface area contributed by atoms with Crippen molar-refractivity contribution in [1.29, 1.82) is 0 Å². The van der Waals surface area contributed by atoms with Crippen LogP contribution < -0.4 is 24.0 Å². The Kier molecular flexibility index (Phi) is 4.33. The molecule has 0 N–H and O–H groups in total. The van der Waals surface area contributed by atoms with E-state index in [1.165, 1.54) is 0 Å². The molecule has 66 valence electrons. The molecule has 0 amide bonds. The molecule has 0 aliphatic heterocycles. The van der Waals surface area contributed by atoms with Gasteiger partial charge in [-0.05, 0) is 11.5 Å². The van der Waals surface area contributed by atoms with Crippen LogP contribution in [0.1, 0.15) is 5.56 Å². The van der Waals surface area contributed by atoms with Crippen LogP contribution in [0.25, 0.3) is 0 Å². The molecule has 1 aromatic rings. The molecule has 3 nitrogen and oxygen atoms in total. The molecule has 0 saturated heterocycles. The van der Waals surface area contributed by atoms with Crippen LogP contribution in [0.2, 0.25) is 4.34 Å². The number of carbonyl (C=O) groups excluding carboxylic acids is 1. The van der Waals surface area contributed by atoms with Crippen molar-refractivity contribution in [3.05, 3.63) is 16.1 Å². The van der Waals surface area contributed by atoms with Gasteiger partial charge in [0, 0.05) is 0 Å². The summed E-state index contributed by atoms with van der Waals surface area (Å²) in [5, 5.41) is 9.93. The molecule has 0 saturated carbocycles. The second kappa shape index (κ2) is 4.38. The normalized spacial score (nSPS) is 10.7. The first-order valence-corrected chi connectivity index (χ1v) is 3.81. The van der Waals surface area contributed by atoms with E-state index in [-0.39, 0.29) is 23.2 Å². The maximum atomic E-state index is 12.6. The van der Waals surface area contributed by atoms with Crippen molar-refractivity contribution in [3.63, 3.8) is 0 Å². The number of hydrogen-bond acceptors (Lipinski definition) is 4. The molecule has 0 unspecified atom stereocenters. The molecule has 0 aliphatic rings. The van der Waals surface area contributed by atoms with Gasteiger partial charge in [0.05, 0.1) is 11.8 Å². The Morgan fingerprint density at radius 3 is 2.54 bits per heavy atom. The van der Waals surface area contributed by atoms with Crippen LogP contribution >= 0.6 is 23.1 Å². The fraction of sp³-hybridized carbons (Fsp3) is 0.200. The summed E-state index contributed by atoms with van der Waals surface area (Å²) in [6, 6.07) is 0. The molecule has 0 bridgehead atoms. The van der Waals surface area contributed by atoms with E-state index in [1.807, 2.05) is 0 Å². The zero-order valence-electron chi connectivity index (χ0n) is 6.38. The molecule has 0 aromatic carbocycles. The van der Waals surface area contributed by atoms with E-state index in [9.17, 15) is 18.7 Å². The number of rotatable bonds is 2. The summed E-state index contributed by atoms with van der Waals surface area (Å²) >= 11 is 5.85. The molecule has 8 heteroatoms.